The predicted molar refractivity (Wildman–Crippen MR) is 159 cm³/mol. The summed E-state index contributed by atoms with van der Waals surface area (Å²) in [6.07, 6.45) is 0.832. The quantitative estimate of drug-likeness (QED) is 0.149. The Balaban J connectivity index is 1.66. The van der Waals surface area contributed by atoms with Crippen LogP contribution in [0.5, 0.6) is 11.5 Å². The highest BCUT2D eigenvalue weighted by atomic mass is 32.1. The molecule has 1 fully saturated rings. The van der Waals surface area contributed by atoms with E-state index in [0.29, 0.717) is 46.5 Å². The summed E-state index contributed by atoms with van der Waals surface area (Å²) < 4.78 is 12.2. The van der Waals surface area contributed by atoms with E-state index in [4.69, 9.17) is 14.5 Å². The lowest BCUT2D eigenvalue weighted by Crippen LogP contribution is -2.29. The molecule has 0 aliphatic carbocycles. The molecule has 1 aromatic heterocycles. The van der Waals surface area contributed by atoms with E-state index in [2.05, 4.69) is 0 Å². The van der Waals surface area contributed by atoms with Crippen LogP contribution in [-0.4, -0.2) is 49.1 Å². The van der Waals surface area contributed by atoms with Gasteiger partial charge in [0.2, 0.25) is 0 Å². The van der Waals surface area contributed by atoms with Crippen molar-refractivity contribution in [1.82, 2.24) is 4.98 Å². The molecule has 0 saturated carbocycles. The minimum absolute atomic E-state index is 0.00417. The molecule has 8 nitrogen and oxygen atoms in total. The van der Waals surface area contributed by atoms with Crippen LogP contribution in [0.4, 0.5) is 10.8 Å². The number of aromatic nitrogens is 1. The Kier molecular flexibility index (Phi) is 7.75. The number of nitrogens with zero attached hydrogens (tertiary/aromatic N) is 3. The molecule has 0 radical (unpaired) electrons. The van der Waals surface area contributed by atoms with E-state index in [0.717, 1.165) is 16.8 Å². The highest BCUT2D eigenvalue weighted by Gasteiger charge is 2.48. The van der Waals surface area contributed by atoms with Crippen molar-refractivity contribution in [3.8, 4) is 11.5 Å². The van der Waals surface area contributed by atoms with Crippen LogP contribution in [0.25, 0.3) is 16.0 Å². The fourth-order valence-electron chi connectivity index (χ4n) is 4.66. The van der Waals surface area contributed by atoms with Gasteiger partial charge in [0.25, 0.3) is 5.78 Å². The second kappa shape index (κ2) is 11.4. The molecule has 1 amide bonds. The Labute approximate surface area is 237 Å². The number of amides is 1. The minimum Gasteiger partial charge on any atom is -0.507 e. The van der Waals surface area contributed by atoms with Gasteiger partial charge in [0.1, 0.15) is 17.3 Å². The van der Waals surface area contributed by atoms with Crippen molar-refractivity contribution >= 4 is 49.8 Å². The summed E-state index contributed by atoms with van der Waals surface area (Å²) in [6, 6.07) is 19.2. The number of ketones is 1. The highest BCUT2D eigenvalue weighted by molar-refractivity contribution is 7.22. The molecule has 3 aromatic carbocycles. The molecular weight excluding hydrogens is 526 g/mol. The third-order valence-corrected chi connectivity index (χ3v) is 7.63. The molecule has 206 valence electrons. The van der Waals surface area contributed by atoms with Crippen LogP contribution >= 0.6 is 11.3 Å². The number of hydrogen-bond acceptors (Lipinski definition) is 8. The Morgan fingerprint density at radius 2 is 1.75 bits per heavy atom. The average Bonchev–Trinajstić information content (AvgIpc) is 3.49. The first-order chi connectivity index (χ1) is 19.3. The number of Topliss-reactive ketones (excluding diaryl/α,β-unsaturated/α-hetero) is 1. The van der Waals surface area contributed by atoms with Crippen molar-refractivity contribution in [3.63, 3.8) is 0 Å². The molecule has 1 unspecified atom stereocenters. The Morgan fingerprint density at radius 3 is 2.45 bits per heavy atom. The zero-order chi connectivity index (χ0) is 28.4. The fourth-order valence-corrected chi connectivity index (χ4v) is 5.68. The summed E-state index contributed by atoms with van der Waals surface area (Å²) in [4.78, 5) is 35.2. The SMILES string of the molecule is CCCOc1cccc(/C(O)=C2\C(=O)C(=O)N(c3nc4ccc(OCC)cc4s3)C2c2ccc(N(C)C)cc2)c1. The maximum atomic E-state index is 13.6. The summed E-state index contributed by atoms with van der Waals surface area (Å²) >= 11 is 1.30. The summed E-state index contributed by atoms with van der Waals surface area (Å²) in [6.45, 7) is 4.97. The second-order valence-corrected chi connectivity index (χ2v) is 10.6. The molecule has 0 spiro atoms. The lowest BCUT2D eigenvalue weighted by molar-refractivity contribution is -0.132. The fraction of sp³-hybridized carbons (Fsp3) is 0.258. The molecular formula is C31H31N3O5S. The van der Waals surface area contributed by atoms with Gasteiger partial charge in [-0.25, -0.2) is 4.98 Å². The number of hydrogen-bond donors (Lipinski definition) is 1. The molecule has 0 bridgehead atoms. The number of ether oxygens (including phenoxy) is 2. The van der Waals surface area contributed by atoms with Crippen LogP contribution in [0.15, 0.2) is 72.3 Å². The number of thiazole rings is 1. The summed E-state index contributed by atoms with van der Waals surface area (Å²) in [5, 5.41) is 11.9. The number of carbonyl (C=O) groups excluding carboxylic acids is 2. The summed E-state index contributed by atoms with van der Waals surface area (Å²) in [7, 11) is 3.87. The predicted octanol–water partition coefficient (Wildman–Crippen LogP) is 6.18. The van der Waals surface area contributed by atoms with Gasteiger partial charge in [-0.05, 0) is 61.4 Å². The number of carbonyl (C=O) groups is 2. The number of rotatable bonds is 9. The van der Waals surface area contributed by atoms with Crippen LogP contribution in [-0.2, 0) is 9.59 Å². The van der Waals surface area contributed by atoms with Crippen LogP contribution in [0, 0.1) is 0 Å². The van der Waals surface area contributed by atoms with E-state index in [1.165, 1.54) is 16.2 Å². The van der Waals surface area contributed by atoms with Crippen LogP contribution < -0.4 is 19.3 Å². The Bertz CT molecular complexity index is 1590. The maximum absolute atomic E-state index is 13.6. The number of aliphatic hydroxyl groups excluding tert-OH is 1. The molecule has 1 atom stereocenters. The third-order valence-electron chi connectivity index (χ3n) is 6.62. The molecule has 5 rings (SSSR count). The Hall–Kier alpha value is -4.37. The van der Waals surface area contributed by atoms with Gasteiger partial charge >= 0.3 is 5.91 Å². The van der Waals surface area contributed by atoms with Gasteiger partial charge in [-0.15, -0.1) is 0 Å². The van der Waals surface area contributed by atoms with E-state index in [1.807, 2.05) is 75.3 Å². The maximum Gasteiger partial charge on any atom is 0.301 e. The van der Waals surface area contributed by atoms with Crippen LogP contribution in [0.2, 0.25) is 0 Å². The van der Waals surface area contributed by atoms with Crippen molar-refractivity contribution in [2.24, 2.45) is 0 Å². The molecule has 1 saturated heterocycles. The van der Waals surface area contributed by atoms with Crippen molar-refractivity contribution in [2.45, 2.75) is 26.3 Å². The Morgan fingerprint density at radius 1 is 1.00 bits per heavy atom. The van der Waals surface area contributed by atoms with E-state index in [9.17, 15) is 14.7 Å². The summed E-state index contributed by atoms with van der Waals surface area (Å²) in [5.41, 5.74) is 2.73. The smallest absolute Gasteiger partial charge is 0.301 e. The molecule has 40 heavy (non-hydrogen) atoms. The van der Waals surface area contributed by atoms with Gasteiger partial charge in [-0.3, -0.25) is 14.5 Å². The van der Waals surface area contributed by atoms with Crippen molar-refractivity contribution in [1.29, 1.82) is 0 Å². The molecule has 1 N–H and O–H groups in total. The first kappa shape index (κ1) is 27.2. The van der Waals surface area contributed by atoms with Crippen LogP contribution in [0.1, 0.15) is 37.4 Å². The van der Waals surface area contributed by atoms with E-state index >= 15 is 0 Å². The van der Waals surface area contributed by atoms with Gasteiger partial charge in [0, 0.05) is 25.3 Å². The van der Waals surface area contributed by atoms with Crippen molar-refractivity contribution < 1.29 is 24.2 Å². The summed E-state index contributed by atoms with van der Waals surface area (Å²) in [5.74, 6) is -0.500. The van der Waals surface area contributed by atoms with Gasteiger partial charge in [-0.2, -0.15) is 0 Å². The molecule has 9 heteroatoms. The average molecular weight is 558 g/mol. The van der Waals surface area contributed by atoms with Gasteiger partial charge in [0.05, 0.1) is 35.0 Å². The number of anilines is 2. The third kappa shape index (κ3) is 5.12. The zero-order valence-corrected chi connectivity index (χ0v) is 23.7. The van der Waals surface area contributed by atoms with E-state index < -0.39 is 17.7 Å². The zero-order valence-electron chi connectivity index (χ0n) is 22.9. The normalized spacial score (nSPS) is 16.5. The number of benzene rings is 3. The molecule has 2 heterocycles. The van der Waals surface area contributed by atoms with Crippen LogP contribution in [0.3, 0.4) is 0 Å². The number of aliphatic hydroxyl groups is 1. The number of fused-ring (bicyclic) bond motifs is 1. The first-order valence-electron chi connectivity index (χ1n) is 13.2. The molecule has 1 aliphatic rings. The molecule has 4 aromatic rings. The van der Waals surface area contributed by atoms with Gasteiger partial charge < -0.3 is 19.5 Å². The van der Waals surface area contributed by atoms with Gasteiger partial charge in [-0.1, -0.05) is 42.5 Å². The lowest BCUT2D eigenvalue weighted by Gasteiger charge is -2.23. The van der Waals surface area contributed by atoms with E-state index in [1.54, 1.807) is 24.3 Å². The van der Waals surface area contributed by atoms with Gasteiger partial charge in [0.15, 0.2) is 5.13 Å². The largest absolute Gasteiger partial charge is 0.507 e. The topological polar surface area (TPSA) is 92.2 Å². The van der Waals surface area contributed by atoms with E-state index in [-0.39, 0.29) is 11.3 Å². The monoisotopic (exact) mass is 557 g/mol. The second-order valence-electron chi connectivity index (χ2n) is 9.59. The lowest BCUT2D eigenvalue weighted by atomic mass is 9.95. The standard InChI is InChI=1S/C31H31N3O5S/c1-5-16-39-22-9-7-8-20(17-22)28(35)26-27(19-10-12-21(13-11-19)33(3)4)34(30(37)29(26)36)31-32-24-15-14-23(38-6-2)18-25(24)40-31/h7-15,17-18,27,35H,5-6,16H2,1-4H3/b28-26+. The molecule has 1 aliphatic heterocycles. The minimum atomic E-state index is -0.872. The highest BCUT2D eigenvalue weighted by Crippen LogP contribution is 2.45. The van der Waals surface area contributed by atoms with Crippen molar-refractivity contribution in [2.75, 3.05) is 37.1 Å². The van der Waals surface area contributed by atoms with Crippen molar-refractivity contribution in [3.05, 3.63) is 83.4 Å². The first-order valence-corrected chi connectivity index (χ1v) is 14.0.